The summed E-state index contributed by atoms with van der Waals surface area (Å²) >= 11 is 0. The first-order chi connectivity index (χ1) is 8.84. The van der Waals surface area contributed by atoms with Crippen LogP contribution in [0.1, 0.15) is 31.9 Å². The van der Waals surface area contributed by atoms with Gasteiger partial charge < -0.3 is 5.11 Å². The molecule has 108 valence electrons. The maximum atomic E-state index is 13.1. The third-order valence-electron chi connectivity index (χ3n) is 2.72. The quantitative estimate of drug-likeness (QED) is 0.839. The summed E-state index contributed by atoms with van der Waals surface area (Å²) in [5, 5.41) is 11.7. The molecule has 0 unspecified atom stereocenters. The zero-order chi connectivity index (χ0) is 14.5. The van der Waals surface area contributed by atoms with Crippen molar-refractivity contribution in [3.8, 4) is 0 Å². The van der Waals surface area contributed by atoms with Crippen molar-refractivity contribution in [3.63, 3.8) is 0 Å². The van der Waals surface area contributed by atoms with E-state index in [2.05, 4.69) is 10.3 Å². The fourth-order valence-electron chi connectivity index (χ4n) is 1.93. The van der Waals surface area contributed by atoms with Crippen molar-refractivity contribution in [2.45, 2.75) is 38.5 Å². The summed E-state index contributed by atoms with van der Waals surface area (Å²) in [6, 6.07) is 0.442. The van der Waals surface area contributed by atoms with Gasteiger partial charge in [-0.2, -0.15) is 13.2 Å². The number of halogens is 3. The van der Waals surface area contributed by atoms with E-state index in [4.69, 9.17) is 0 Å². The van der Waals surface area contributed by atoms with Gasteiger partial charge in [-0.15, -0.1) is 0 Å². The lowest BCUT2D eigenvalue weighted by Gasteiger charge is -2.27. The summed E-state index contributed by atoms with van der Waals surface area (Å²) in [6.45, 7) is 3.47. The molecule has 0 aromatic carbocycles. The van der Waals surface area contributed by atoms with Gasteiger partial charge in [0.25, 0.3) is 0 Å². The number of nitrogens with one attached hydrogen (secondary N) is 1. The Morgan fingerprint density at radius 1 is 1.37 bits per heavy atom. The fraction of sp³-hybridized carbons (Fsp3) is 0.615. The van der Waals surface area contributed by atoms with Crippen LogP contribution in [-0.2, 0) is 0 Å². The minimum absolute atomic E-state index is 0.0530. The van der Waals surface area contributed by atoms with Crippen molar-refractivity contribution < 1.29 is 18.3 Å². The molecule has 0 radical (unpaired) electrons. The molecule has 0 aliphatic rings. The summed E-state index contributed by atoms with van der Waals surface area (Å²) in [7, 11) is 0. The Bertz CT molecular complexity index is 368. The molecule has 0 spiro atoms. The molecule has 2 atom stereocenters. The summed E-state index contributed by atoms with van der Waals surface area (Å²) in [5.41, 5.74) is 0.0530. The fourth-order valence-corrected chi connectivity index (χ4v) is 1.93. The molecule has 3 nitrogen and oxygen atoms in total. The second-order valence-electron chi connectivity index (χ2n) is 4.94. The first-order valence-electron chi connectivity index (χ1n) is 6.18. The molecule has 0 bridgehead atoms. The third-order valence-corrected chi connectivity index (χ3v) is 2.72. The Morgan fingerprint density at radius 3 is 2.47 bits per heavy atom. The molecule has 1 aromatic heterocycles. The highest BCUT2D eigenvalue weighted by atomic mass is 19.4. The Kier molecular flexibility index (Phi) is 5.75. The highest BCUT2D eigenvalue weighted by molar-refractivity contribution is 5.16. The molecule has 0 aliphatic carbocycles. The van der Waals surface area contributed by atoms with Crippen LogP contribution in [0.2, 0.25) is 0 Å². The van der Waals surface area contributed by atoms with E-state index in [9.17, 15) is 18.3 Å². The molecule has 19 heavy (non-hydrogen) atoms. The van der Waals surface area contributed by atoms with Gasteiger partial charge in [-0.05, 0) is 24.0 Å². The maximum Gasteiger partial charge on any atom is 0.407 e. The van der Waals surface area contributed by atoms with E-state index in [0.717, 1.165) is 0 Å². The van der Waals surface area contributed by atoms with Gasteiger partial charge >= 0.3 is 6.18 Å². The van der Waals surface area contributed by atoms with Gasteiger partial charge in [0.2, 0.25) is 0 Å². The number of hydrogen-bond acceptors (Lipinski definition) is 3. The molecular formula is C13H19F3N2O. The zero-order valence-electron chi connectivity index (χ0n) is 11.0. The number of rotatable bonds is 6. The third kappa shape index (κ3) is 5.16. The van der Waals surface area contributed by atoms with E-state index in [0.29, 0.717) is 6.42 Å². The molecule has 0 fully saturated rings. The minimum atomic E-state index is -4.42. The standard InChI is InChI=1S/C13H19F3N2O/c1-9(2)6-11(8-19)18-12(13(14,15)16)10-4-3-5-17-7-10/h3-5,7,9,11-12,18-19H,6,8H2,1-2H3/t11-,12-/m0/s1. The van der Waals surface area contributed by atoms with Gasteiger partial charge in [0, 0.05) is 18.4 Å². The summed E-state index contributed by atoms with van der Waals surface area (Å²) in [6.07, 6.45) is -1.33. The van der Waals surface area contributed by atoms with E-state index in [1.807, 2.05) is 13.8 Å². The predicted octanol–water partition coefficient (Wildman–Crippen LogP) is 2.68. The van der Waals surface area contributed by atoms with Crippen LogP contribution in [0.3, 0.4) is 0 Å². The van der Waals surface area contributed by atoms with Crippen LogP contribution in [0.25, 0.3) is 0 Å². The van der Waals surface area contributed by atoms with E-state index in [-0.39, 0.29) is 18.1 Å². The minimum Gasteiger partial charge on any atom is -0.395 e. The number of hydrogen-bond donors (Lipinski definition) is 2. The van der Waals surface area contributed by atoms with Crippen LogP contribution in [0.4, 0.5) is 13.2 Å². The van der Waals surface area contributed by atoms with Crippen LogP contribution < -0.4 is 5.32 Å². The van der Waals surface area contributed by atoms with Gasteiger partial charge in [-0.1, -0.05) is 19.9 Å². The molecular weight excluding hydrogens is 257 g/mol. The number of aliphatic hydroxyl groups is 1. The smallest absolute Gasteiger partial charge is 0.395 e. The largest absolute Gasteiger partial charge is 0.407 e. The summed E-state index contributed by atoms with van der Waals surface area (Å²) < 4.78 is 39.2. The highest BCUT2D eigenvalue weighted by Crippen LogP contribution is 2.33. The van der Waals surface area contributed by atoms with E-state index in [1.54, 1.807) is 0 Å². The average molecular weight is 276 g/mol. The summed E-state index contributed by atoms with van der Waals surface area (Å²) in [4.78, 5) is 3.71. The van der Waals surface area contributed by atoms with Crippen LogP contribution in [0.15, 0.2) is 24.5 Å². The molecule has 2 N–H and O–H groups in total. The van der Waals surface area contributed by atoms with E-state index in [1.165, 1.54) is 24.5 Å². The number of nitrogens with zero attached hydrogens (tertiary/aromatic N) is 1. The Balaban J connectivity index is 2.87. The maximum absolute atomic E-state index is 13.1. The Hall–Kier alpha value is -1.14. The molecule has 6 heteroatoms. The monoisotopic (exact) mass is 276 g/mol. The topological polar surface area (TPSA) is 45.1 Å². The normalized spacial score (nSPS) is 15.5. The van der Waals surface area contributed by atoms with Crippen molar-refractivity contribution in [3.05, 3.63) is 30.1 Å². The van der Waals surface area contributed by atoms with Gasteiger partial charge in [-0.25, -0.2) is 0 Å². The van der Waals surface area contributed by atoms with Crippen molar-refractivity contribution in [2.75, 3.05) is 6.61 Å². The highest BCUT2D eigenvalue weighted by Gasteiger charge is 2.41. The zero-order valence-corrected chi connectivity index (χ0v) is 11.0. The van der Waals surface area contributed by atoms with Crippen molar-refractivity contribution in [2.24, 2.45) is 5.92 Å². The molecule has 1 aromatic rings. The van der Waals surface area contributed by atoms with Crippen molar-refractivity contribution in [1.82, 2.24) is 10.3 Å². The molecule has 0 aliphatic heterocycles. The lowest BCUT2D eigenvalue weighted by atomic mass is 10.0. The van der Waals surface area contributed by atoms with Gasteiger partial charge in [0.15, 0.2) is 0 Å². The molecule has 0 saturated carbocycles. The molecule has 1 heterocycles. The SMILES string of the molecule is CC(C)C[C@@H](CO)N[C@@H](c1cccnc1)C(F)(F)F. The molecule has 1 rings (SSSR count). The second kappa shape index (κ2) is 6.86. The Morgan fingerprint density at radius 2 is 2.05 bits per heavy atom. The lowest BCUT2D eigenvalue weighted by molar-refractivity contribution is -0.160. The number of aromatic nitrogens is 1. The molecule has 0 amide bonds. The van der Waals surface area contributed by atoms with E-state index < -0.39 is 18.3 Å². The van der Waals surface area contributed by atoms with E-state index >= 15 is 0 Å². The van der Waals surface area contributed by atoms with Gasteiger partial charge in [0.05, 0.1) is 6.61 Å². The number of pyridine rings is 1. The second-order valence-corrected chi connectivity index (χ2v) is 4.94. The van der Waals surface area contributed by atoms with Crippen molar-refractivity contribution in [1.29, 1.82) is 0 Å². The van der Waals surface area contributed by atoms with Crippen LogP contribution >= 0.6 is 0 Å². The molecule has 0 saturated heterocycles. The predicted molar refractivity (Wildman–Crippen MR) is 66.5 cm³/mol. The summed E-state index contributed by atoms with van der Waals surface area (Å²) in [5.74, 6) is 0.201. The number of alkyl halides is 3. The van der Waals surface area contributed by atoms with Gasteiger partial charge in [-0.3, -0.25) is 10.3 Å². The van der Waals surface area contributed by atoms with Gasteiger partial charge in [0.1, 0.15) is 6.04 Å². The van der Waals surface area contributed by atoms with Crippen LogP contribution in [-0.4, -0.2) is 28.9 Å². The number of aliphatic hydroxyl groups excluding tert-OH is 1. The van der Waals surface area contributed by atoms with Crippen LogP contribution in [0, 0.1) is 5.92 Å². The first-order valence-corrected chi connectivity index (χ1v) is 6.18. The van der Waals surface area contributed by atoms with Crippen molar-refractivity contribution >= 4 is 0 Å². The Labute approximate surface area is 110 Å². The van der Waals surface area contributed by atoms with Crippen LogP contribution in [0.5, 0.6) is 0 Å². The first kappa shape index (κ1) is 15.9. The lowest BCUT2D eigenvalue weighted by Crippen LogP contribution is -2.43. The average Bonchev–Trinajstić information content (AvgIpc) is 2.33.